The largest absolute Gasteiger partial charge is 0.416 e. The van der Waals surface area contributed by atoms with Gasteiger partial charge in [0.2, 0.25) is 0 Å². The van der Waals surface area contributed by atoms with Gasteiger partial charge < -0.3 is 5.32 Å². The highest BCUT2D eigenvalue weighted by molar-refractivity contribution is 5.97. The molecule has 0 aliphatic rings. The van der Waals surface area contributed by atoms with Crippen LogP contribution >= 0.6 is 0 Å². The fourth-order valence-electron chi connectivity index (χ4n) is 2.97. The summed E-state index contributed by atoms with van der Waals surface area (Å²) in [6.07, 6.45) is -4.47. The zero-order valence-corrected chi connectivity index (χ0v) is 17.0. The molecule has 1 N–H and O–H groups in total. The second kappa shape index (κ2) is 8.12. The number of halogens is 3. The summed E-state index contributed by atoms with van der Waals surface area (Å²) in [5.41, 5.74) is 2.07. The van der Waals surface area contributed by atoms with Crippen LogP contribution in [-0.2, 0) is 6.18 Å². The van der Waals surface area contributed by atoms with Crippen LogP contribution in [0.1, 0.15) is 53.4 Å². The van der Waals surface area contributed by atoms with E-state index in [1.807, 2.05) is 52.8 Å². The number of nitrogens with zero attached hydrogens (tertiary/aromatic N) is 1. The van der Waals surface area contributed by atoms with Gasteiger partial charge in [0.25, 0.3) is 5.91 Å². The first kappa shape index (κ1) is 22.2. The van der Waals surface area contributed by atoms with Gasteiger partial charge in [-0.25, -0.2) is 0 Å². The molecular weight excluding hydrogens is 377 g/mol. The molecule has 0 aliphatic carbocycles. The highest BCUT2D eigenvalue weighted by atomic mass is 19.4. The molecule has 2 aromatic carbocycles. The summed E-state index contributed by atoms with van der Waals surface area (Å²) in [4.78, 5) is 12.7. The Labute approximate surface area is 168 Å². The van der Waals surface area contributed by atoms with E-state index in [-0.39, 0.29) is 5.56 Å². The Morgan fingerprint density at radius 3 is 2.03 bits per heavy atom. The van der Waals surface area contributed by atoms with Crippen LogP contribution in [0.3, 0.4) is 0 Å². The Morgan fingerprint density at radius 2 is 1.59 bits per heavy atom. The Bertz CT molecular complexity index is 989. The molecular formula is C23H23F3N2O. The van der Waals surface area contributed by atoms with Gasteiger partial charge in [0.15, 0.2) is 0 Å². The van der Waals surface area contributed by atoms with Crippen LogP contribution < -0.4 is 5.32 Å². The van der Waals surface area contributed by atoms with E-state index in [1.165, 1.54) is 0 Å². The van der Waals surface area contributed by atoms with Crippen LogP contribution in [0.5, 0.6) is 0 Å². The van der Waals surface area contributed by atoms with Crippen molar-refractivity contribution in [1.82, 2.24) is 5.32 Å². The number of benzene rings is 2. The summed E-state index contributed by atoms with van der Waals surface area (Å²) in [7, 11) is 0. The van der Waals surface area contributed by atoms with Crippen LogP contribution in [0.4, 0.5) is 13.2 Å². The van der Waals surface area contributed by atoms with Crippen molar-refractivity contribution in [1.29, 1.82) is 5.26 Å². The molecule has 0 bridgehead atoms. The minimum atomic E-state index is -4.47. The van der Waals surface area contributed by atoms with E-state index in [4.69, 9.17) is 0 Å². The lowest BCUT2D eigenvalue weighted by molar-refractivity contribution is -0.137. The molecule has 0 spiro atoms. The lowest BCUT2D eigenvalue weighted by Gasteiger charge is -2.26. The molecule has 0 atom stereocenters. The second-order valence-electron chi connectivity index (χ2n) is 7.96. The van der Waals surface area contributed by atoms with Gasteiger partial charge in [-0.15, -0.1) is 0 Å². The molecule has 0 heterocycles. The minimum absolute atomic E-state index is 0.0812. The van der Waals surface area contributed by atoms with E-state index in [0.717, 1.165) is 35.4 Å². The van der Waals surface area contributed by atoms with Crippen molar-refractivity contribution in [2.75, 3.05) is 0 Å². The average molecular weight is 400 g/mol. The van der Waals surface area contributed by atoms with Gasteiger partial charge >= 0.3 is 6.18 Å². The molecule has 0 unspecified atom stereocenters. The molecule has 1 amide bonds. The zero-order chi connectivity index (χ0) is 22.0. The molecule has 6 heteroatoms. The molecule has 152 valence electrons. The van der Waals surface area contributed by atoms with E-state index < -0.39 is 23.1 Å². The molecule has 0 saturated heterocycles. The fraction of sp³-hybridized carbons (Fsp3) is 0.304. The summed E-state index contributed by atoms with van der Waals surface area (Å²) in [5, 5.41) is 12.6. The van der Waals surface area contributed by atoms with E-state index in [1.54, 1.807) is 0 Å². The molecule has 0 aliphatic heterocycles. The Morgan fingerprint density at radius 1 is 1.00 bits per heavy atom. The molecule has 0 radical (unpaired) electrons. The predicted molar refractivity (Wildman–Crippen MR) is 107 cm³/mol. The Kier molecular flexibility index (Phi) is 6.22. The van der Waals surface area contributed by atoms with Crippen molar-refractivity contribution < 1.29 is 18.0 Å². The number of alkyl halides is 3. The van der Waals surface area contributed by atoms with Gasteiger partial charge in [0.1, 0.15) is 6.07 Å². The van der Waals surface area contributed by atoms with Gasteiger partial charge in [-0.3, -0.25) is 4.79 Å². The Hall–Kier alpha value is -3.07. The highest BCUT2D eigenvalue weighted by Gasteiger charge is 2.30. The summed E-state index contributed by atoms with van der Waals surface area (Å²) >= 11 is 0. The maximum atomic E-state index is 12.7. The number of hydrogen-bond donors (Lipinski definition) is 1. The maximum absolute atomic E-state index is 12.7. The number of amides is 1. The smallest absolute Gasteiger partial charge is 0.324 e. The number of carbonyl (C=O) groups is 1. The zero-order valence-electron chi connectivity index (χ0n) is 17.0. The van der Waals surface area contributed by atoms with Gasteiger partial charge in [-0.1, -0.05) is 44.5 Å². The number of rotatable bonds is 3. The lowest BCUT2D eigenvalue weighted by atomic mass is 9.85. The third kappa shape index (κ3) is 5.26. The first-order chi connectivity index (χ1) is 13.3. The summed E-state index contributed by atoms with van der Waals surface area (Å²) in [6.45, 7) is 9.41. The van der Waals surface area contributed by atoms with Crippen LogP contribution in [-0.4, -0.2) is 5.91 Å². The van der Waals surface area contributed by atoms with Crippen molar-refractivity contribution in [3.63, 3.8) is 0 Å². The average Bonchev–Trinajstić information content (AvgIpc) is 2.61. The highest BCUT2D eigenvalue weighted by Crippen LogP contribution is 2.33. The first-order valence-electron chi connectivity index (χ1n) is 9.05. The van der Waals surface area contributed by atoms with E-state index in [9.17, 15) is 23.2 Å². The molecule has 3 nitrogen and oxygen atoms in total. The maximum Gasteiger partial charge on any atom is 0.416 e. The van der Waals surface area contributed by atoms with Crippen LogP contribution in [0, 0.1) is 30.6 Å². The number of carbonyl (C=O) groups excluding carboxylic acids is 1. The third-order valence-electron chi connectivity index (χ3n) is 4.48. The quantitative estimate of drug-likeness (QED) is 0.639. The number of nitriles is 1. The summed E-state index contributed by atoms with van der Waals surface area (Å²) in [6, 6.07) is 11.8. The van der Waals surface area contributed by atoms with Crippen molar-refractivity contribution in [2.45, 2.75) is 40.8 Å². The topological polar surface area (TPSA) is 52.9 Å². The predicted octanol–water partition coefficient (Wildman–Crippen LogP) is 6.03. The second-order valence-corrected chi connectivity index (χ2v) is 7.96. The first-order valence-corrected chi connectivity index (χ1v) is 9.05. The summed E-state index contributed by atoms with van der Waals surface area (Å²) < 4.78 is 38.2. The summed E-state index contributed by atoms with van der Waals surface area (Å²) in [5.74, 6) is -0.568. The van der Waals surface area contributed by atoms with Crippen LogP contribution in [0.25, 0.3) is 5.57 Å². The fourth-order valence-corrected chi connectivity index (χ4v) is 2.97. The number of nitrogens with one attached hydrogen (secondary N) is 1. The van der Waals surface area contributed by atoms with Crippen molar-refractivity contribution >= 4 is 11.5 Å². The Balaban J connectivity index is 2.49. The van der Waals surface area contributed by atoms with Crippen molar-refractivity contribution in [3.05, 3.63) is 76.0 Å². The van der Waals surface area contributed by atoms with Gasteiger partial charge in [-0.2, -0.15) is 18.4 Å². The van der Waals surface area contributed by atoms with Gasteiger partial charge in [-0.05, 0) is 49.2 Å². The molecule has 0 fully saturated rings. The van der Waals surface area contributed by atoms with Crippen molar-refractivity contribution in [2.24, 2.45) is 5.41 Å². The van der Waals surface area contributed by atoms with Gasteiger partial charge in [0, 0.05) is 16.7 Å². The lowest BCUT2D eigenvalue weighted by Crippen LogP contribution is -2.31. The molecule has 0 saturated carbocycles. The molecule has 2 aromatic rings. The molecule has 2 rings (SSSR count). The normalized spacial score (nSPS) is 12.8. The van der Waals surface area contributed by atoms with Crippen LogP contribution in [0.2, 0.25) is 0 Å². The third-order valence-corrected chi connectivity index (χ3v) is 4.48. The minimum Gasteiger partial charge on any atom is -0.324 e. The standard InChI is InChI=1S/C23H23F3N2O/c1-14-6-11-18(15(2)12-14)19(13-27)20(22(3,4)5)28-21(29)16-7-9-17(10-8-16)23(24,25)26/h6-12H,1-5H3,(H,28,29). The molecule has 0 aromatic heterocycles. The SMILES string of the molecule is Cc1ccc(C(C#N)=C(NC(=O)c2ccc(C(F)(F)F)cc2)C(C)(C)C)c(C)c1. The van der Waals surface area contributed by atoms with Crippen molar-refractivity contribution in [3.8, 4) is 6.07 Å². The monoisotopic (exact) mass is 400 g/mol. The van der Waals surface area contributed by atoms with Crippen LogP contribution in [0.15, 0.2) is 48.2 Å². The number of allylic oxidation sites excluding steroid dienone is 2. The van der Waals surface area contributed by atoms with E-state index >= 15 is 0 Å². The number of hydrogen-bond acceptors (Lipinski definition) is 2. The molecule has 29 heavy (non-hydrogen) atoms. The van der Waals surface area contributed by atoms with E-state index in [0.29, 0.717) is 16.8 Å². The van der Waals surface area contributed by atoms with E-state index in [2.05, 4.69) is 11.4 Å². The van der Waals surface area contributed by atoms with Gasteiger partial charge in [0.05, 0.1) is 11.1 Å². The number of aryl methyl sites for hydroxylation is 2.